The van der Waals surface area contributed by atoms with Crippen LogP contribution in [0.2, 0.25) is 0 Å². The van der Waals surface area contributed by atoms with E-state index in [0.717, 1.165) is 6.08 Å². The molecule has 0 saturated heterocycles. The van der Waals surface area contributed by atoms with Crippen molar-refractivity contribution in [3.63, 3.8) is 0 Å². The summed E-state index contributed by atoms with van der Waals surface area (Å²) in [6.45, 7) is 8.10. The third kappa shape index (κ3) is 3.17. The number of rotatable bonds is 4. The van der Waals surface area contributed by atoms with Crippen LogP contribution in [0, 0.1) is 5.41 Å². The number of carbonyl (C=O) groups is 1. The molecule has 3 N–H and O–H groups in total. The Morgan fingerprint density at radius 1 is 1.31 bits per heavy atom. The number of carboxylic acids is 1. The lowest BCUT2D eigenvalue weighted by atomic mass is 9.81. The summed E-state index contributed by atoms with van der Waals surface area (Å²) in [5.74, 6) is 0.236. The van der Waals surface area contributed by atoms with Gasteiger partial charge in [0.2, 0.25) is 5.72 Å². The van der Waals surface area contributed by atoms with E-state index in [2.05, 4.69) is 0 Å². The average Bonchev–Trinajstić information content (AvgIpc) is 1.99. The fourth-order valence-corrected chi connectivity index (χ4v) is 1.19. The van der Waals surface area contributed by atoms with Gasteiger partial charge in [0.15, 0.2) is 0 Å². The predicted octanol–water partition coefficient (Wildman–Crippen LogP) is 0.955. The van der Waals surface area contributed by atoms with Crippen LogP contribution in [0.5, 0.6) is 0 Å². The Kier molecular flexibility index (Phi) is 4.06. The van der Waals surface area contributed by atoms with Gasteiger partial charge in [-0.15, -0.1) is 0 Å². The standard InChI is InChI=1S/C11H19NO4/c1-9(2,3)16-11(12,8(14)15)10(4,5)6-7-13/h6H,12H2,1-5H3,(H,14,15). The van der Waals surface area contributed by atoms with Crippen LogP contribution in [0.15, 0.2) is 6.08 Å². The highest BCUT2D eigenvalue weighted by Crippen LogP contribution is 2.34. The Labute approximate surface area is 95.3 Å². The zero-order valence-corrected chi connectivity index (χ0v) is 10.3. The first kappa shape index (κ1) is 14.8. The number of hydrogen-bond donors (Lipinski definition) is 2. The van der Waals surface area contributed by atoms with Crippen molar-refractivity contribution < 1.29 is 19.4 Å². The quantitative estimate of drug-likeness (QED) is 0.553. The minimum absolute atomic E-state index is 0.735. The first-order chi connectivity index (χ1) is 6.96. The Hall–Kier alpha value is -1.16. The Morgan fingerprint density at radius 2 is 1.75 bits per heavy atom. The first-order valence-electron chi connectivity index (χ1n) is 4.91. The van der Waals surface area contributed by atoms with Gasteiger partial charge in [0, 0.05) is 11.5 Å². The van der Waals surface area contributed by atoms with Crippen molar-refractivity contribution in [1.29, 1.82) is 0 Å². The highest BCUT2D eigenvalue weighted by Gasteiger charge is 2.51. The van der Waals surface area contributed by atoms with E-state index < -0.39 is 22.7 Å². The van der Waals surface area contributed by atoms with E-state index in [1.54, 1.807) is 26.7 Å². The van der Waals surface area contributed by atoms with Crippen LogP contribution in [-0.2, 0) is 14.3 Å². The Morgan fingerprint density at radius 3 is 2.00 bits per heavy atom. The molecule has 0 bridgehead atoms. The molecule has 1 atom stereocenters. The van der Waals surface area contributed by atoms with Gasteiger partial charge in [-0.2, -0.15) is 0 Å². The summed E-state index contributed by atoms with van der Waals surface area (Å²) in [7, 11) is 0. The van der Waals surface area contributed by atoms with Gasteiger partial charge in [0.1, 0.15) is 5.94 Å². The number of carboxylic acid groups (broad SMARTS) is 1. The van der Waals surface area contributed by atoms with E-state index in [1.165, 1.54) is 13.8 Å². The molecule has 0 fully saturated rings. The van der Waals surface area contributed by atoms with Crippen molar-refractivity contribution in [3.8, 4) is 0 Å². The SMILES string of the molecule is CC(C)(C)OC(N)(C(=O)O)C(C)(C)C=C=O. The van der Waals surface area contributed by atoms with E-state index in [-0.39, 0.29) is 0 Å². The summed E-state index contributed by atoms with van der Waals surface area (Å²) in [5.41, 5.74) is 1.90. The second-order valence-electron chi connectivity index (χ2n) is 5.24. The smallest absolute Gasteiger partial charge is 0.352 e. The van der Waals surface area contributed by atoms with Crippen molar-refractivity contribution in [2.75, 3.05) is 0 Å². The molecule has 0 aliphatic carbocycles. The summed E-state index contributed by atoms with van der Waals surface area (Å²) in [5, 5.41) is 9.16. The second-order valence-corrected chi connectivity index (χ2v) is 5.24. The van der Waals surface area contributed by atoms with Crippen LogP contribution in [-0.4, -0.2) is 28.3 Å². The molecule has 0 aromatic heterocycles. The van der Waals surface area contributed by atoms with Gasteiger partial charge in [-0.25, -0.2) is 9.59 Å². The number of carbonyl (C=O) groups excluding carboxylic acids is 1. The molecule has 1 unspecified atom stereocenters. The molecule has 0 spiro atoms. The molecule has 5 nitrogen and oxygen atoms in total. The molecule has 0 heterocycles. The van der Waals surface area contributed by atoms with Crippen molar-refractivity contribution in [1.82, 2.24) is 0 Å². The second kappa shape index (κ2) is 4.37. The van der Waals surface area contributed by atoms with E-state index in [9.17, 15) is 9.59 Å². The van der Waals surface area contributed by atoms with Gasteiger partial charge in [-0.05, 0) is 20.8 Å². The zero-order valence-electron chi connectivity index (χ0n) is 10.3. The summed E-state index contributed by atoms with van der Waals surface area (Å²) in [6.07, 6.45) is 1.06. The Bertz CT molecular complexity index is 323. The lowest BCUT2D eigenvalue weighted by Gasteiger charge is -2.41. The zero-order chi connectivity index (χ0) is 13.2. The van der Waals surface area contributed by atoms with E-state index in [4.69, 9.17) is 15.6 Å². The highest BCUT2D eigenvalue weighted by atomic mass is 16.6. The third-order valence-electron chi connectivity index (χ3n) is 2.16. The molecule has 0 saturated carbocycles. The summed E-state index contributed by atoms with van der Waals surface area (Å²) < 4.78 is 5.37. The van der Waals surface area contributed by atoms with Crippen LogP contribution in [0.1, 0.15) is 34.6 Å². The molecule has 0 rings (SSSR count). The maximum atomic E-state index is 11.2. The van der Waals surface area contributed by atoms with Crippen molar-refractivity contribution in [2.45, 2.75) is 45.9 Å². The normalized spacial score (nSPS) is 16.1. The minimum Gasteiger partial charge on any atom is -0.478 e. The van der Waals surface area contributed by atoms with E-state index in [0.29, 0.717) is 0 Å². The molecule has 5 heteroatoms. The molecule has 0 radical (unpaired) electrons. The third-order valence-corrected chi connectivity index (χ3v) is 2.16. The summed E-state index contributed by atoms with van der Waals surface area (Å²) >= 11 is 0. The van der Waals surface area contributed by atoms with Gasteiger partial charge in [0.25, 0.3) is 0 Å². The fourth-order valence-electron chi connectivity index (χ4n) is 1.19. The van der Waals surface area contributed by atoms with E-state index >= 15 is 0 Å². The highest BCUT2D eigenvalue weighted by molar-refractivity contribution is 5.79. The van der Waals surface area contributed by atoms with Crippen LogP contribution in [0.25, 0.3) is 0 Å². The average molecular weight is 229 g/mol. The molecule has 16 heavy (non-hydrogen) atoms. The number of hydrogen-bond acceptors (Lipinski definition) is 4. The van der Waals surface area contributed by atoms with Gasteiger partial charge in [-0.3, -0.25) is 5.73 Å². The summed E-state index contributed by atoms with van der Waals surface area (Å²) in [4.78, 5) is 21.6. The lowest BCUT2D eigenvalue weighted by Crippen LogP contribution is -2.62. The molecule has 0 aromatic rings. The van der Waals surface area contributed by atoms with Gasteiger partial charge >= 0.3 is 5.97 Å². The molecule has 0 aliphatic heterocycles. The Balaban J connectivity index is 5.44. The first-order valence-corrected chi connectivity index (χ1v) is 4.91. The van der Waals surface area contributed by atoms with Crippen LogP contribution < -0.4 is 5.73 Å². The maximum Gasteiger partial charge on any atom is 0.352 e. The van der Waals surface area contributed by atoms with Gasteiger partial charge in [0.05, 0.1) is 5.60 Å². The molecule has 0 aliphatic rings. The topological polar surface area (TPSA) is 89.6 Å². The molecule has 92 valence electrons. The predicted molar refractivity (Wildman–Crippen MR) is 59.4 cm³/mol. The van der Waals surface area contributed by atoms with Crippen LogP contribution >= 0.6 is 0 Å². The van der Waals surface area contributed by atoms with E-state index in [1.807, 2.05) is 0 Å². The summed E-state index contributed by atoms with van der Waals surface area (Å²) in [6, 6.07) is 0. The van der Waals surface area contributed by atoms with Crippen LogP contribution in [0.4, 0.5) is 0 Å². The fraction of sp³-hybridized carbons (Fsp3) is 0.727. The minimum atomic E-state index is -1.97. The monoisotopic (exact) mass is 229 g/mol. The van der Waals surface area contributed by atoms with Crippen molar-refractivity contribution in [3.05, 3.63) is 6.08 Å². The van der Waals surface area contributed by atoms with Crippen molar-refractivity contribution >= 4 is 11.9 Å². The lowest BCUT2D eigenvalue weighted by molar-refractivity contribution is -0.203. The molecule has 0 aromatic carbocycles. The van der Waals surface area contributed by atoms with Crippen molar-refractivity contribution in [2.24, 2.45) is 11.1 Å². The number of aliphatic carboxylic acids is 1. The van der Waals surface area contributed by atoms with Gasteiger partial charge in [-0.1, -0.05) is 13.8 Å². The van der Waals surface area contributed by atoms with Gasteiger partial charge < -0.3 is 9.84 Å². The molecule has 0 amide bonds. The maximum absolute atomic E-state index is 11.2. The molecular formula is C11H19NO4. The largest absolute Gasteiger partial charge is 0.478 e. The number of ether oxygens (including phenoxy) is 1. The van der Waals surface area contributed by atoms with Crippen LogP contribution in [0.3, 0.4) is 0 Å². The number of nitrogens with two attached hydrogens (primary N) is 1. The molecular weight excluding hydrogens is 210 g/mol.